The minimum absolute atomic E-state index is 0.0131. The number of nitrogens with one attached hydrogen (secondary N) is 1. The molecule has 11 heteroatoms. The number of rotatable bonds is 9. The van der Waals surface area contributed by atoms with Crippen molar-refractivity contribution in [3.05, 3.63) is 35.3 Å². The van der Waals surface area contributed by atoms with Gasteiger partial charge < -0.3 is 15.0 Å². The van der Waals surface area contributed by atoms with Gasteiger partial charge in [0.1, 0.15) is 5.67 Å². The Kier molecular flexibility index (Phi) is 8.17. The first-order chi connectivity index (χ1) is 17.1. The molecule has 0 unspecified atom stereocenters. The third-order valence-corrected chi connectivity index (χ3v) is 6.99. The number of alkyl halides is 3. The summed E-state index contributed by atoms with van der Waals surface area (Å²) < 4.78 is 46.8. The molecule has 0 spiro atoms. The van der Waals surface area contributed by atoms with Crippen LogP contribution in [0, 0.1) is 0 Å². The zero-order valence-electron chi connectivity index (χ0n) is 21.0. The Balaban J connectivity index is 1.19. The first kappa shape index (κ1) is 26.4. The van der Waals surface area contributed by atoms with E-state index in [1.54, 1.807) is 19.3 Å². The van der Waals surface area contributed by atoms with E-state index < -0.39 is 18.2 Å². The summed E-state index contributed by atoms with van der Waals surface area (Å²) >= 11 is 0. The van der Waals surface area contributed by atoms with E-state index in [4.69, 9.17) is 4.74 Å². The maximum Gasteiger partial charge on any atom is 0.278 e. The molecule has 4 rings (SSSR count). The summed E-state index contributed by atoms with van der Waals surface area (Å²) in [6.45, 7) is 2.31. The summed E-state index contributed by atoms with van der Waals surface area (Å²) in [7, 11) is 1.70. The lowest BCUT2D eigenvalue weighted by atomic mass is 9.81. The molecular weight excluding hydrogens is 473 g/mol. The molecule has 1 amide bonds. The number of halogens is 3. The largest absolute Gasteiger partial charge is 0.471 e. The number of fused-ring (bicyclic) bond motifs is 1. The molecule has 2 aromatic rings. The number of aromatic nitrogens is 4. The van der Waals surface area contributed by atoms with Crippen LogP contribution in [0.2, 0.25) is 0 Å². The van der Waals surface area contributed by atoms with Gasteiger partial charge in [-0.25, -0.2) is 18.2 Å². The van der Waals surface area contributed by atoms with Gasteiger partial charge in [0.15, 0.2) is 6.61 Å². The highest BCUT2D eigenvalue weighted by Gasteiger charge is 2.36. The lowest BCUT2D eigenvalue weighted by molar-refractivity contribution is -0.121. The summed E-state index contributed by atoms with van der Waals surface area (Å²) in [5.74, 6) is -2.80. The van der Waals surface area contributed by atoms with Crippen molar-refractivity contribution in [2.24, 2.45) is 7.05 Å². The van der Waals surface area contributed by atoms with Gasteiger partial charge in [-0.1, -0.05) is 6.07 Å². The van der Waals surface area contributed by atoms with Crippen LogP contribution in [0.4, 0.5) is 13.2 Å². The van der Waals surface area contributed by atoms with E-state index in [1.165, 1.54) is 4.80 Å². The Morgan fingerprint density at radius 1 is 1.25 bits per heavy atom. The number of hydrogen-bond acceptors (Lipinski definition) is 6. The highest BCUT2D eigenvalue weighted by Crippen LogP contribution is 2.35. The lowest BCUT2D eigenvalue weighted by Gasteiger charge is -2.35. The molecule has 1 aliphatic carbocycles. The summed E-state index contributed by atoms with van der Waals surface area (Å²) in [4.78, 5) is 20.4. The van der Waals surface area contributed by atoms with Crippen molar-refractivity contribution in [2.45, 2.75) is 75.9 Å². The Labute approximate surface area is 209 Å². The van der Waals surface area contributed by atoms with Crippen LogP contribution in [-0.4, -0.2) is 74.7 Å². The molecule has 2 aromatic heterocycles. The number of amides is 1. The van der Waals surface area contributed by atoms with Gasteiger partial charge in [-0.05, 0) is 44.1 Å². The Bertz CT molecular complexity index is 1030. The van der Waals surface area contributed by atoms with Crippen molar-refractivity contribution < 1.29 is 22.7 Å². The van der Waals surface area contributed by atoms with Gasteiger partial charge in [0, 0.05) is 57.8 Å². The second-order valence-corrected chi connectivity index (χ2v) is 10.2. The third kappa shape index (κ3) is 7.65. The molecule has 0 saturated heterocycles. The maximum absolute atomic E-state index is 15.5. The molecular formula is C25H35F3N6O2. The fraction of sp³-hybridized carbons (Fsp3) is 0.680. The summed E-state index contributed by atoms with van der Waals surface area (Å²) in [5.41, 5.74) is 1.34. The number of ether oxygens (including phenoxy) is 1. The van der Waals surface area contributed by atoms with Crippen molar-refractivity contribution in [1.82, 2.24) is 30.2 Å². The Morgan fingerprint density at radius 2 is 2.00 bits per heavy atom. The summed E-state index contributed by atoms with van der Waals surface area (Å²) in [6.07, 6.45) is 5.77. The molecule has 36 heavy (non-hydrogen) atoms. The smallest absolute Gasteiger partial charge is 0.278 e. The number of carbonyl (C=O) groups is 1. The SMILES string of the molecule is Cn1ncc(CC(=O)NC2CCC(F)(CCN3CCc4ccc(OCC(C)(F)F)nc4CC3)CC2)n1. The lowest BCUT2D eigenvalue weighted by Crippen LogP contribution is -2.43. The highest BCUT2D eigenvalue weighted by molar-refractivity contribution is 5.78. The van der Waals surface area contributed by atoms with Crippen molar-refractivity contribution >= 4 is 5.91 Å². The number of pyridine rings is 1. The molecule has 1 saturated carbocycles. The molecule has 0 aromatic carbocycles. The van der Waals surface area contributed by atoms with E-state index in [2.05, 4.69) is 25.4 Å². The van der Waals surface area contributed by atoms with E-state index in [0.717, 1.165) is 37.7 Å². The predicted molar refractivity (Wildman–Crippen MR) is 128 cm³/mol. The number of hydrogen-bond donors (Lipinski definition) is 1. The van der Waals surface area contributed by atoms with Crippen LogP contribution < -0.4 is 10.1 Å². The van der Waals surface area contributed by atoms with Crippen molar-refractivity contribution in [2.75, 3.05) is 26.2 Å². The number of aryl methyl sites for hydroxylation is 1. The molecule has 198 valence electrons. The quantitative estimate of drug-likeness (QED) is 0.561. The fourth-order valence-electron chi connectivity index (χ4n) is 4.91. The minimum atomic E-state index is -2.91. The normalized spacial score (nSPS) is 23.1. The van der Waals surface area contributed by atoms with Crippen LogP contribution in [0.1, 0.15) is 56.0 Å². The Hall–Kier alpha value is -2.69. The standard InChI is InChI=1S/C25H35F3N6O2/c1-24(26,27)17-36-23-4-3-18-7-12-34(13-8-21(18)31-23)14-11-25(28)9-5-19(6-10-25)30-22(35)15-20-16-29-33(2)32-20/h3-4,16,19H,5-15,17H2,1-2H3,(H,30,35). The molecule has 1 fully saturated rings. The van der Waals surface area contributed by atoms with E-state index in [9.17, 15) is 13.6 Å². The average molecular weight is 509 g/mol. The molecule has 2 aliphatic rings. The topological polar surface area (TPSA) is 85.2 Å². The predicted octanol–water partition coefficient (Wildman–Crippen LogP) is 3.04. The van der Waals surface area contributed by atoms with Crippen LogP contribution in [0.5, 0.6) is 5.88 Å². The van der Waals surface area contributed by atoms with Gasteiger partial charge in [0.05, 0.1) is 18.3 Å². The van der Waals surface area contributed by atoms with E-state index in [1.807, 2.05) is 6.07 Å². The second kappa shape index (κ2) is 11.1. The van der Waals surface area contributed by atoms with Crippen molar-refractivity contribution in [1.29, 1.82) is 0 Å². The zero-order valence-corrected chi connectivity index (χ0v) is 21.0. The average Bonchev–Trinajstić information content (AvgIpc) is 3.11. The fourth-order valence-corrected chi connectivity index (χ4v) is 4.91. The Morgan fingerprint density at radius 3 is 2.69 bits per heavy atom. The monoisotopic (exact) mass is 508 g/mol. The van der Waals surface area contributed by atoms with Crippen LogP contribution >= 0.6 is 0 Å². The second-order valence-electron chi connectivity index (χ2n) is 10.2. The first-order valence-electron chi connectivity index (χ1n) is 12.6. The van der Waals surface area contributed by atoms with E-state index >= 15 is 4.39 Å². The highest BCUT2D eigenvalue weighted by atomic mass is 19.3. The molecule has 0 bridgehead atoms. The van der Waals surface area contributed by atoms with Crippen LogP contribution in [0.25, 0.3) is 0 Å². The van der Waals surface area contributed by atoms with Gasteiger partial charge in [0.2, 0.25) is 11.8 Å². The van der Waals surface area contributed by atoms with Gasteiger partial charge in [-0.3, -0.25) is 4.79 Å². The minimum Gasteiger partial charge on any atom is -0.471 e. The molecule has 3 heterocycles. The summed E-state index contributed by atoms with van der Waals surface area (Å²) in [5, 5.41) is 11.1. The van der Waals surface area contributed by atoms with Crippen LogP contribution in [0.15, 0.2) is 18.3 Å². The van der Waals surface area contributed by atoms with Crippen LogP contribution in [0.3, 0.4) is 0 Å². The van der Waals surface area contributed by atoms with Gasteiger partial charge in [-0.2, -0.15) is 15.0 Å². The molecule has 0 radical (unpaired) electrons. The summed E-state index contributed by atoms with van der Waals surface area (Å²) in [6, 6.07) is 3.52. The molecule has 8 nitrogen and oxygen atoms in total. The van der Waals surface area contributed by atoms with Gasteiger partial charge in [0.25, 0.3) is 5.92 Å². The van der Waals surface area contributed by atoms with Crippen molar-refractivity contribution in [3.8, 4) is 5.88 Å². The zero-order chi connectivity index (χ0) is 25.8. The first-order valence-corrected chi connectivity index (χ1v) is 12.6. The van der Waals surface area contributed by atoms with E-state index in [-0.39, 0.29) is 24.2 Å². The van der Waals surface area contributed by atoms with Gasteiger partial charge >= 0.3 is 0 Å². The third-order valence-electron chi connectivity index (χ3n) is 6.99. The molecule has 1 N–H and O–H groups in total. The van der Waals surface area contributed by atoms with E-state index in [0.29, 0.717) is 50.8 Å². The number of carbonyl (C=O) groups excluding carboxylic acids is 1. The number of nitrogens with zero attached hydrogens (tertiary/aromatic N) is 5. The van der Waals surface area contributed by atoms with Crippen LogP contribution in [-0.2, 0) is 31.1 Å². The maximum atomic E-state index is 15.5. The van der Waals surface area contributed by atoms with Crippen molar-refractivity contribution in [3.63, 3.8) is 0 Å². The van der Waals surface area contributed by atoms with Gasteiger partial charge in [-0.15, -0.1) is 0 Å². The molecule has 0 atom stereocenters. The molecule has 1 aliphatic heterocycles.